The lowest BCUT2D eigenvalue weighted by Gasteiger charge is -2.17. The quantitative estimate of drug-likeness (QED) is 0.696. The fourth-order valence-electron chi connectivity index (χ4n) is 3.99. The van der Waals surface area contributed by atoms with Crippen molar-refractivity contribution in [3.8, 4) is 11.5 Å². The minimum atomic E-state index is 0.0156. The van der Waals surface area contributed by atoms with Gasteiger partial charge >= 0.3 is 0 Å². The number of nitrogens with zero attached hydrogens (tertiary/aromatic N) is 3. The number of rotatable bonds is 4. The number of aromatic nitrogens is 2. The van der Waals surface area contributed by atoms with E-state index >= 15 is 0 Å². The summed E-state index contributed by atoms with van der Waals surface area (Å²) in [5.74, 6) is 2.29. The third-order valence-corrected chi connectivity index (χ3v) is 5.40. The number of amides is 1. The molecule has 0 N–H and O–H groups in total. The van der Waals surface area contributed by atoms with Crippen molar-refractivity contribution in [2.75, 3.05) is 19.9 Å². The van der Waals surface area contributed by atoms with Gasteiger partial charge in [-0.1, -0.05) is 41.6 Å². The highest BCUT2D eigenvalue weighted by atomic mass is 16.7. The molecule has 2 aromatic carbocycles. The Morgan fingerprint density at radius 1 is 1.04 bits per heavy atom. The molecule has 0 bridgehead atoms. The summed E-state index contributed by atoms with van der Waals surface area (Å²) in [6.07, 6.45) is 1.66. The van der Waals surface area contributed by atoms with Crippen LogP contribution in [0.25, 0.3) is 0 Å². The maximum Gasteiger partial charge on any atom is 0.231 e. The maximum absolute atomic E-state index is 13.0. The third kappa shape index (κ3) is 3.09. The molecule has 7 heteroatoms. The van der Waals surface area contributed by atoms with Crippen LogP contribution in [-0.2, 0) is 11.2 Å². The molecular formula is C21H19N3O4. The van der Waals surface area contributed by atoms with Crippen molar-refractivity contribution >= 4 is 5.91 Å². The van der Waals surface area contributed by atoms with Crippen LogP contribution in [0.15, 0.2) is 59.4 Å². The number of carbonyl (C=O) groups excluding carboxylic acids is 1. The zero-order valence-corrected chi connectivity index (χ0v) is 15.2. The molecule has 0 radical (unpaired) electrons. The van der Waals surface area contributed by atoms with Crippen molar-refractivity contribution in [3.05, 3.63) is 71.9 Å². The first-order chi connectivity index (χ1) is 13.8. The van der Waals surface area contributed by atoms with Gasteiger partial charge in [0.1, 0.15) is 0 Å². The highest BCUT2D eigenvalue weighted by Crippen LogP contribution is 2.39. The van der Waals surface area contributed by atoms with Gasteiger partial charge in [-0.15, -0.1) is 0 Å². The van der Waals surface area contributed by atoms with Crippen molar-refractivity contribution in [2.45, 2.75) is 18.3 Å². The molecular weight excluding hydrogens is 358 g/mol. The van der Waals surface area contributed by atoms with Gasteiger partial charge in [0.2, 0.25) is 19.1 Å². The van der Waals surface area contributed by atoms with Gasteiger partial charge in [0.15, 0.2) is 17.3 Å². The second kappa shape index (κ2) is 6.99. The number of hydrogen-bond acceptors (Lipinski definition) is 6. The zero-order valence-electron chi connectivity index (χ0n) is 15.2. The molecule has 0 unspecified atom stereocenters. The topological polar surface area (TPSA) is 77.7 Å². The molecule has 1 saturated heterocycles. The van der Waals surface area contributed by atoms with Crippen LogP contribution < -0.4 is 9.47 Å². The van der Waals surface area contributed by atoms with Crippen molar-refractivity contribution < 1.29 is 18.8 Å². The van der Waals surface area contributed by atoms with E-state index in [0.29, 0.717) is 31.1 Å². The van der Waals surface area contributed by atoms with Gasteiger partial charge in [0.05, 0.1) is 6.42 Å². The number of likely N-dealkylation sites (tertiary alicyclic amines) is 1. The first-order valence-corrected chi connectivity index (χ1v) is 9.25. The molecule has 0 aliphatic carbocycles. The monoisotopic (exact) mass is 377 g/mol. The summed E-state index contributed by atoms with van der Waals surface area (Å²) in [5.41, 5.74) is 2.09. The van der Waals surface area contributed by atoms with Crippen molar-refractivity contribution in [3.63, 3.8) is 0 Å². The van der Waals surface area contributed by atoms with E-state index < -0.39 is 0 Å². The summed E-state index contributed by atoms with van der Waals surface area (Å²) in [6.45, 7) is 1.43. The number of ether oxygens (including phenoxy) is 2. The predicted molar refractivity (Wildman–Crippen MR) is 99.1 cm³/mol. The van der Waals surface area contributed by atoms with Gasteiger partial charge in [-0.05, 0) is 23.3 Å². The first-order valence-electron chi connectivity index (χ1n) is 9.25. The molecule has 1 fully saturated rings. The average Bonchev–Trinajstić information content (AvgIpc) is 3.47. The number of hydrogen-bond donors (Lipinski definition) is 0. The minimum Gasteiger partial charge on any atom is -0.454 e. The van der Waals surface area contributed by atoms with E-state index in [4.69, 9.17) is 14.0 Å². The lowest BCUT2D eigenvalue weighted by molar-refractivity contribution is -0.129. The van der Waals surface area contributed by atoms with E-state index in [0.717, 1.165) is 11.3 Å². The lowest BCUT2D eigenvalue weighted by Crippen LogP contribution is -2.30. The second-order valence-corrected chi connectivity index (χ2v) is 7.08. The number of fused-ring (bicyclic) bond motifs is 1. The van der Waals surface area contributed by atoms with Gasteiger partial charge < -0.3 is 18.9 Å². The van der Waals surface area contributed by atoms with E-state index in [2.05, 4.69) is 22.3 Å². The summed E-state index contributed by atoms with van der Waals surface area (Å²) < 4.78 is 15.7. The number of benzene rings is 2. The van der Waals surface area contributed by atoms with Crippen LogP contribution in [0.5, 0.6) is 11.5 Å². The smallest absolute Gasteiger partial charge is 0.231 e. The Hall–Kier alpha value is -3.35. The first kappa shape index (κ1) is 16.8. The summed E-state index contributed by atoms with van der Waals surface area (Å²) in [4.78, 5) is 19.1. The molecule has 0 saturated carbocycles. The van der Waals surface area contributed by atoms with Gasteiger partial charge in [-0.2, -0.15) is 4.98 Å². The highest BCUT2D eigenvalue weighted by Gasteiger charge is 2.39. The Morgan fingerprint density at radius 3 is 2.68 bits per heavy atom. The standard InChI is InChI=1S/C21H19N3O4/c25-20(9-14-6-7-18-19(8-14)27-13-26-18)24-10-16(15-4-2-1-3-5-15)17(11-24)21-22-12-28-23-21/h1-8,12,16-17H,9-11,13H2/t16-,17+/m1/s1. The van der Waals surface area contributed by atoms with Crippen molar-refractivity contribution in [1.29, 1.82) is 0 Å². The maximum atomic E-state index is 13.0. The molecule has 142 valence electrons. The molecule has 1 amide bonds. The molecule has 2 aliphatic heterocycles. The Balaban J connectivity index is 1.36. The van der Waals surface area contributed by atoms with Crippen LogP contribution in [0.1, 0.15) is 28.8 Å². The van der Waals surface area contributed by atoms with Crippen LogP contribution in [0.4, 0.5) is 0 Å². The van der Waals surface area contributed by atoms with Gasteiger partial charge in [0.25, 0.3) is 0 Å². The van der Waals surface area contributed by atoms with Crippen LogP contribution in [0, 0.1) is 0 Å². The van der Waals surface area contributed by atoms with E-state index in [-0.39, 0.29) is 24.5 Å². The Morgan fingerprint density at radius 2 is 1.86 bits per heavy atom. The van der Waals surface area contributed by atoms with E-state index in [1.54, 1.807) is 0 Å². The molecule has 2 atom stereocenters. The Kier molecular flexibility index (Phi) is 4.20. The minimum absolute atomic E-state index is 0.0156. The van der Waals surface area contributed by atoms with Crippen molar-refractivity contribution in [2.24, 2.45) is 0 Å². The molecule has 1 aromatic heterocycles. The summed E-state index contributed by atoms with van der Waals surface area (Å²) in [7, 11) is 0. The Bertz CT molecular complexity index is 975. The molecule has 3 aromatic rings. The van der Waals surface area contributed by atoms with E-state index in [1.165, 1.54) is 12.0 Å². The molecule has 3 heterocycles. The second-order valence-electron chi connectivity index (χ2n) is 7.08. The summed E-state index contributed by atoms with van der Waals surface area (Å²) >= 11 is 0. The fourth-order valence-corrected chi connectivity index (χ4v) is 3.99. The van der Waals surface area contributed by atoms with E-state index in [9.17, 15) is 4.79 Å². The largest absolute Gasteiger partial charge is 0.454 e. The van der Waals surface area contributed by atoms with Crippen LogP contribution in [-0.4, -0.2) is 40.8 Å². The molecule has 28 heavy (non-hydrogen) atoms. The molecule has 2 aliphatic rings. The molecule has 0 spiro atoms. The van der Waals surface area contributed by atoms with Crippen LogP contribution >= 0.6 is 0 Å². The third-order valence-electron chi connectivity index (χ3n) is 5.40. The summed E-state index contributed by atoms with van der Waals surface area (Å²) in [5, 5.41) is 4.04. The van der Waals surface area contributed by atoms with Gasteiger partial charge in [-0.3, -0.25) is 4.79 Å². The van der Waals surface area contributed by atoms with Gasteiger partial charge in [0, 0.05) is 24.9 Å². The normalized spacial score (nSPS) is 20.5. The predicted octanol–water partition coefficient (Wildman–Crippen LogP) is 2.75. The van der Waals surface area contributed by atoms with Crippen molar-refractivity contribution in [1.82, 2.24) is 15.0 Å². The summed E-state index contributed by atoms with van der Waals surface area (Å²) in [6, 6.07) is 15.8. The molecule has 7 nitrogen and oxygen atoms in total. The fraction of sp³-hybridized carbons (Fsp3) is 0.286. The number of carbonyl (C=O) groups is 1. The molecule has 5 rings (SSSR count). The SMILES string of the molecule is O=C(Cc1ccc2c(c1)OCO2)N1C[C@H](c2ccccc2)[C@@H](c2ncon2)C1. The van der Waals surface area contributed by atoms with Crippen LogP contribution in [0.2, 0.25) is 0 Å². The Labute approximate surface area is 161 Å². The zero-order chi connectivity index (χ0) is 18.9. The van der Waals surface area contributed by atoms with Crippen LogP contribution in [0.3, 0.4) is 0 Å². The highest BCUT2D eigenvalue weighted by molar-refractivity contribution is 5.79. The van der Waals surface area contributed by atoms with E-state index in [1.807, 2.05) is 41.3 Å². The average molecular weight is 377 g/mol. The lowest BCUT2D eigenvalue weighted by atomic mass is 9.88. The van der Waals surface area contributed by atoms with Gasteiger partial charge in [-0.25, -0.2) is 0 Å².